The summed E-state index contributed by atoms with van der Waals surface area (Å²) in [4.78, 5) is 12.6. The van der Waals surface area contributed by atoms with Crippen LogP contribution in [0.4, 0.5) is 0 Å². The molecule has 0 spiro atoms. The molecule has 0 aliphatic rings. The van der Waals surface area contributed by atoms with Crippen molar-refractivity contribution in [2.24, 2.45) is 0 Å². The zero-order valence-electron chi connectivity index (χ0n) is 15.0. The number of nitrogens with zero attached hydrogens (tertiary/aromatic N) is 1. The number of esters is 1. The molecular weight excluding hydrogens is 350 g/mol. The molecule has 0 saturated carbocycles. The Labute approximate surface area is 153 Å². The lowest BCUT2D eigenvalue weighted by Crippen LogP contribution is -2.19. The predicted molar refractivity (Wildman–Crippen MR) is 101 cm³/mol. The van der Waals surface area contributed by atoms with Crippen molar-refractivity contribution in [2.45, 2.75) is 31.6 Å². The summed E-state index contributed by atoms with van der Waals surface area (Å²) in [7, 11) is -3.94. The number of benzene rings is 2. The van der Waals surface area contributed by atoms with Crippen LogP contribution in [0, 0.1) is 0 Å². The molecule has 0 atom stereocenters. The van der Waals surface area contributed by atoms with Gasteiger partial charge >= 0.3 is 5.97 Å². The van der Waals surface area contributed by atoms with Gasteiger partial charge in [0.2, 0.25) is 0 Å². The Hall–Kier alpha value is -2.60. The van der Waals surface area contributed by atoms with Crippen LogP contribution >= 0.6 is 0 Å². The van der Waals surface area contributed by atoms with Crippen LogP contribution in [0.5, 0.6) is 0 Å². The normalized spacial score (nSPS) is 11.8. The summed E-state index contributed by atoms with van der Waals surface area (Å²) < 4.78 is 32.8. The van der Waals surface area contributed by atoms with E-state index in [4.69, 9.17) is 4.74 Å². The van der Waals surface area contributed by atoms with Crippen molar-refractivity contribution in [3.63, 3.8) is 0 Å². The molecule has 0 aliphatic carbocycles. The van der Waals surface area contributed by atoms with E-state index in [0.29, 0.717) is 5.52 Å². The molecule has 1 aromatic heterocycles. The lowest BCUT2D eigenvalue weighted by molar-refractivity contribution is 0.0518. The highest BCUT2D eigenvalue weighted by molar-refractivity contribution is 7.90. The lowest BCUT2D eigenvalue weighted by atomic mass is 9.99. The van der Waals surface area contributed by atoms with Gasteiger partial charge in [-0.15, -0.1) is 0 Å². The number of hydrogen-bond donors (Lipinski definition) is 0. The monoisotopic (exact) mass is 371 g/mol. The van der Waals surface area contributed by atoms with E-state index in [2.05, 4.69) is 0 Å². The molecule has 0 radical (unpaired) electrons. The number of carbonyl (C=O) groups is 1. The van der Waals surface area contributed by atoms with Gasteiger partial charge in [-0.3, -0.25) is 0 Å². The van der Waals surface area contributed by atoms with Gasteiger partial charge in [-0.1, -0.05) is 44.2 Å². The van der Waals surface area contributed by atoms with Crippen molar-refractivity contribution in [1.82, 2.24) is 3.97 Å². The Balaban J connectivity index is 2.37. The molecule has 5 nitrogen and oxygen atoms in total. The second-order valence-corrected chi connectivity index (χ2v) is 8.05. The second-order valence-electron chi connectivity index (χ2n) is 6.27. The zero-order chi connectivity index (χ0) is 18.9. The molecule has 0 amide bonds. The topological polar surface area (TPSA) is 65.4 Å². The Morgan fingerprint density at radius 2 is 1.77 bits per heavy atom. The van der Waals surface area contributed by atoms with Gasteiger partial charge in [0.25, 0.3) is 10.0 Å². The number of rotatable bonds is 5. The van der Waals surface area contributed by atoms with E-state index in [1.54, 1.807) is 37.3 Å². The van der Waals surface area contributed by atoms with Gasteiger partial charge in [0.15, 0.2) is 0 Å². The molecule has 26 heavy (non-hydrogen) atoms. The quantitative estimate of drug-likeness (QED) is 0.631. The molecule has 0 unspecified atom stereocenters. The van der Waals surface area contributed by atoms with Crippen molar-refractivity contribution in [2.75, 3.05) is 6.61 Å². The Morgan fingerprint density at radius 1 is 1.08 bits per heavy atom. The molecule has 136 valence electrons. The molecule has 0 aliphatic heterocycles. The van der Waals surface area contributed by atoms with Crippen molar-refractivity contribution in [3.8, 4) is 0 Å². The summed E-state index contributed by atoms with van der Waals surface area (Å²) in [6.07, 6.45) is 0. The van der Waals surface area contributed by atoms with Crippen LogP contribution in [0.25, 0.3) is 10.9 Å². The summed E-state index contributed by atoms with van der Waals surface area (Å²) in [5.41, 5.74) is 1.47. The van der Waals surface area contributed by atoms with E-state index < -0.39 is 16.0 Å². The first kappa shape index (κ1) is 18.2. The summed E-state index contributed by atoms with van der Waals surface area (Å²) in [6.45, 7) is 5.92. The van der Waals surface area contributed by atoms with Gasteiger partial charge in [0.05, 0.1) is 17.0 Å². The van der Waals surface area contributed by atoms with Crippen molar-refractivity contribution < 1.29 is 17.9 Å². The number of fused-ring (bicyclic) bond motifs is 1. The Morgan fingerprint density at radius 3 is 2.38 bits per heavy atom. The maximum atomic E-state index is 13.3. The van der Waals surface area contributed by atoms with Crippen molar-refractivity contribution in [3.05, 3.63) is 65.9 Å². The van der Waals surface area contributed by atoms with E-state index in [1.807, 2.05) is 26.0 Å². The second kappa shape index (κ2) is 6.96. The first-order valence-electron chi connectivity index (χ1n) is 8.50. The van der Waals surface area contributed by atoms with Gasteiger partial charge in [-0.05, 0) is 42.7 Å². The highest BCUT2D eigenvalue weighted by Gasteiger charge is 2.28. The van der Waals surface area contributed by atoms with Crippen LogP contribution in [-0.2, 0) is 14.8 Å². The first-order chi connectivity index (χ1) is 12.4. The SMILES string of the molecule is CCOC(=O)c1cc2c(C(C)C)cccc2n1S(=O)(=O)c1ccccc1. The summed E-state index contributed by atoms with van der Waals surface area (Å²) >= 11 is 0. The molecule has 3 aromatic rings. The molecular formula is C20H21NO4S. The number of carbonyl (C=O) groups excluding carboxylic acids is 1. The largest absolute Gasteiger partial charge is 0.461 e. The molecule has 0 N–H and O–H groups in total. The Bertz CT molecular complexity index is 1050. The third-order valence-corrected chi connectivity index (χ3v) is 5.97. The minimum atomic E-state index is -3.94. The fourth-order valence-corrected chi connectivity index (χ4v) is 4.55. The first-order valence-corrected chi connectivity index (χ1v) is 9.94. The summed E-state index contributed by atoms with van der Waals surface area (Å²) in [6, 6.07) is 15.2. The molecule has 6 heteroatoms. The van der Waals surface area contributed by atoms with Crippen LogP contribution < -0.4 is 0 Å². The van der Waals surface area contributed by atoms with E-state index in [-0.39, 0.29) is 23.1 Å². The minimum Gasteiger partial charge on any atom is -0.461 e. The maximum absolute atomic E-state index is 13.3. The van der Waals surface area contributed by atoms with E-state index >= 15 is 0 Å². The highest BCUT2D eigenvalue weighted by Crippen LogP contribution is 2.31. The predicted octanol–water partition coefficient (Wildman–Crippen LogP) is 4.18. The minimum absolute atomic E-state index is 0.0128. The Kier molecular flexibility index (Phi) is 4.87. The lowest BCUT2D eigenvalue weighted by Gasteiger charge is -2.12. The highest BCUT2D eigenvalue weighted by atomic mass is 32.2. The standard InChI is InChI=1S/C20H21NO4S/c1-4-25-20(22)19-13-17-16(14(2)3)11-8-12-18(17)21(19)26(23,24)15-9-6-5-7-10-15/h5-14H,4H2,1-3H3. The average molecular weight is 371 g/mol. The van der Waals surface area contributed by atoms with Crippen molar-refractivity contribution in [1.29, 1.82) is 0 Å². The fraction of sp³-hybridized carbons (Fsp3) is 0.250. The number of hydrogen-bond acceptors (Lipinski definition) is 4. The molecule has 0 bridgehead atoms. The van der Waals surface area contributed by atoms with Crippen LogP contribution in [-0.4, -0.2) is 25.0 Å². The van der Waals surface area contributed by atoms with Gasteiger partial charge in [-0.25, -0.2) is 17.2 Å². The van der Waals surface area contributed by atoms with Crippen LogP contribution in [0.15, 0.2) is 59.5 Å². The number of aromatic nitrogens is 1. The molecule has 1 heterocycles. The van der Waals surface area contributed by atoms with Gasteiger partial charge in [-0.2, -0.15) is 0 Å². The van der Waals surface area contributed by atoms with Crippen LogP contribution in [0.1, 0.15) is 42.7 Å². The molecule has 0 saturated heterocycles. The van der Waals surface area contributed by atoms with Crippen LogP contribution in [0.3, 0.4) is 0 Å². The van der Waals surface area contributed by atoms with Gasteiger partial charge < -0.3 is 4.74 Å². The van der Waals surface area contributed by atoms with Gasteiger partial charge in [0.1, 0.15) is 5.69 Å². The van der Waals surface area contributed by atoms with Crippen LogP contribution in [0.2, 0.25) is 0 Å². The van der Waals surface area contributed by atoms with E-state index in [0.717, 1.165) is 14.9 Å². The third kappa shape index (κ3) is 3.01. The third-order valence-electron chi connectivity index (χ3n) is 4.22. The van der Waals surface area contributed by atoms with Gasteiger partial charge in [0, 0.05) is 5.39 Å². The zero-order valence-corrected chi connectivity index (χ0v) is 15.8. The smallest absolute Gasteiger partial charge is 0.356 e. The summed E-state index contributed by atoms with van der Waals surface area (Å²) in [5.74, 6) is -0.470. The van der Waals surface area contributed by atoms with E-state index in [9.17, 15) is 13.2 Å². The summed E-state index contributed by atoms with van der Waals surface area (Å²) in [5, 5.41) is 0.741. The average Bonchev–Trinajstić information content (AvgIpc) is 3.03. The van der Waals surface area contributed by atoms with Crippen molar-refractivity contribution >= 4 is 26.9 Å². The molecule has 3 rings (SSSR count). The fourth-order valence-electron chi connectivity index (χ4n) is 3.04. The maximum Gasteiger partial charge on any atom is 0.356 e. The van der Waals surface area contributed by atoms with E-state index in [1.165, 1.54) is 12.1 Å². The molecule has 0 fully saturated rings. The number of ether oxygens (including phenoxy) is 1. The molecule has 2 aromatic carbocycles.